The van der Waals surface area contributed by atoms with Gasteiger partial charge in [-0.2, -0.15) is 0 Å². The first-order chi connectivity index (χ1) is 23.3. The zero-order valence-corrected chi connectivity index (χ0v) is 31.5. The van der Waals surface area contributed by atoms with E-state index in [0.29, 0.717) is 12.8 Å². The van der Waals surface area contributed by atoms with Gasteiger partial charge in [-0.3, -0.25) is 14.1 Å². The fourth-order valence-electron chi connectivity index (χ4n) is 5.22. The van der Waals surface area contributed by atoms with Crippen LogP contribution < -0.4 is 0 Å². The van der Waals surface area contributed by atoms with Crippen LogP contribution in [0.3, 0.4) is 0 Å². The molecule has 8 nitrogen and oxygen atoms in total. The van der Waals surface area contributed by atoms with Crippen LogP contribution in [-0.2, 0) is 28.2 Å². The van der Waals surface area contributed by atoms with Gasteiger partial charge in [0, 0.05) is 12.8 Å². The van der Waals surface area contributed by atoms with Gasteiger partial charge in [-0.25, -0.2) is 4.57 Å². The van der Waals surface area contributed by atoms with Crippen molar-refractivity contribution in [3.63, 3.8) is 0 Å². The summed E-state index contributed by atoms with van der Waals surface area (Å²) in [7, 11) is -4.75. The minimum atomic E-state index is -4.75. The molecule has 0 unspecified atom stereocenters. The first-order valence-electron chi connectivity index (χ1n) is 19.3. The van der Waals surface area contributed by atoms with Crippen molar-refractivity contribution in [2.75, 3.05) is 13.2 Å². The first kappa shape index (κ1) is 46.3. The lowest BCUT2D eigenvalue weighted by Crippen LogP contribution is -2.29. The molecule has 0 rings (SSSR count). The van der Waals surface area contributed by atoms with Gasteiger partial charge in [0.1, 0.15) is 6.61 Å². The number of allylic oxidation sites excluding steroid dienone is 6. The summed E-state index contributed by atoms with van der Waals surface area (Å²) in [6.07, 6.45) is 40.0. The highest BCUT2D eigenvalue weighted by atomic mass is 31.2. The molecular formula is C39H71O8P. The second-order valence-corrected chi connectivity index (χ2v) is 14.1. The Balaban J connectivity index is 3.99. The Hall–Kier alpha value is -1.73. The molecule has 0 aliphatic rings. The van der Waals surface area contributed by atoms with Crippen LogP contribution in [0.5, 0.6) is 0 Å². The molecule has 280 valence electrons. The molecule has 0 heterocycles. The number of phosphoric acid groups is 1. The summed E-state index contributed by atoms with van der Waals surface area (Å²) >= 11 is 0. The summed E-state index contributed by atoms with van der Waals surface area (Å²) in [5.74, 6) is -0.912. The van der Waals surface area contributed by atoms with E-state index >= 15 is 0 Å². The Kier molecular flexibility index (Phi) is 33.8. The van der Waals surface area contributed by atoms with Gasteiger partial charge < -0.3 is 19.3 Å². The van der Waals surface area contributed by atoms with E-state index in [1.54, 1.807) is 0 Å². The van der Waals surface area contributed by atoms with Gasteiger partial charge in [-0.1, -0.05) is 134 Å². The lowest BCUT2D eigenvalue weighted by molar-refractivity contribution is -0.161. The molecule has 2 N–H and O–H groups in total. The highest BCUT2D eigenvalue weighted by Crippen LogP contribution is 2.36. The monoisotopic (exact) mass is 698 g/mol. The van der Waals surface area contributed by atoms with Gasteiger partial charge >= 0.3 is 19.8 Å². The van der Waals surface area contributed by atoms with Crippen molar-refractivity contribution in [3.8, 4) is 0 Å². The highest BCUT2D eigenvalue weighted by Gasteiger charge is 2.22. The molecule has 0 fully saturated rings. The Morgan fingerprint density at radius 1 is 0.542 bits per heavy atom. The van der Waals surface area contributed by atoms with Crippen molar-refractivity contribution in [1.82, 2.24) is 0 Å². The molecule has 0 aliphatic carbocycles. The second-order valence-electron chi connectivity index (χ2n) is 12.9. The van der Waals surface area contributed by atoms with E-state index in [2.05, 4.69) is 54.8 Å². The van der Waals surface area contributed by atoms with Gasteiger partial charge in [-0.15, -0.1) is 0 Å². The van der Waals surface area contributed by atoms with Crippen LogP contribution in [0.15, 0.2) is 36.5 Å². The number of esters is 2. The molecule has 0 aromatic carbocycles. The smallest absolute Gasteiger partial charge is 0.462 e. The van der Waals surface area contributed by atoms with Gasteiger partial charge in [0.05, 0.1) is 6.61 Å². The molecule has 0 aromatic rings. The molecule has 0 bridgehead atoms. The largest absolute Gasteiger partial charge is 0.469 e. The van der Waals surface area contributed by atoms with E-state index in [-0.39, 0.29) is 19.4 Å². The van der Waals surface area contributed by atoms with Gasteiger partial charge in [0.2, 0.25) is 0 Å². The number of carbonyl (C=O) groups is 2. The molecule has 48 heavy (non-hydrogen) atoms. The number of phosphoric ester groups is 1. The predicted molar refractivity (Wildman–Crippen MR) is 198 cm³/mol. The summed E-state index contributed by atoms with van der Waals surface area (Å²) in [5.41, 5.74) is 0. The van der Waals surface area contributed by atoms with E-state index in [0.717, 1.165) is 57.8 Å². The van der Waals surface area contributed by atoms with Crippen LogP contribution >= 0.6 is 7.82 Å². The maximum atomic E-state index is 12.4. The van der Waals surface area contributed by atoms with Crippen LogP contribution in [0, 0.1) is 0 Å². The number of hydrogen-bond acceptors (Lipinski definition) is 6. The molecule has 0 saturated heterocycles. The van der Waals surface area contributed by atoms with E-state index in [1.165, 1.54) is 83.5 Å². The van der Waals surface area contributed by atoms with E-state index in [4.69, 9.17) is 19.3 Å². The summed E-state index contributed by atoms with van der Waals surface area (Å²) in [6.45, 7) is 3.62. The van der Waals surface area contributed by atoms with Crippen LogP contribution in [0.25, 0.3) is 0 Å². The zero-order chi connectivity index (χ0) is 35.4. The average molecular weight is 699 g/mol. The quantitative estimate of drug-likeness (QED) is 0.0290. The summed E-state index contributed by atoms with van der Waals surface area (Å²) < 4.78 is 26.3. The molecular weight excluding hydrogens is 627 g/mol. The van der Waals surface area contributed by atoms with Crippen LogP contribution in [0.2, 0.25) is 0 Å². The Bertz CT molecular complexity index is 879. The maximum Gasteiger partial charge on any atom is 0.469 e. The predicted octanol–water partition coefficient (Wildman–Crippen LogP) is 11.4. The number of rotatable bonds is 35. The normalized spacial score (nSPS) is 12.8. The third-order valence-corrected chi connectivity index (χ3v) is 8.62. The molecule has 0 saturated carbocycles. The van der Waals surface area contributed by atoms with Crippen LogP contribution in [0.4, 0.5) is 0 Å². The summed E-state index contributed by atoms with van der Waals surface area (Å²) in [6, 6.07) is 0. The Labute approximate surface area is 293 Å². The van der Waals surface area contributed by atoms with Crippen molar-refractivity contribution < 1.29 is 37.9 Å². The second kappa shape index (κ2) is 35.1. The van der Waals surface area contributed by atoms with Crippen LogP contribution in [0.1, 0.15) is 181 Å². The minimum Gasteiger partial charge on any atom is -0.462 e. The molecule has 9 heteroatoms. The van der Waals surface area contributed by atoms with E-state index < -0.39 is 32.5 Å². The number of ether oxygens (including phenoxy) is 2. The number of carbonyl (C=O) groups excluding carboxylic acids is 2. The standard InChI is InChI=1S/C39H71O8P/c1-3-5-7-9-11-13-15-17-18-19-20-22-24-26-28-30-32-34-39(41)47-37(36-46-48(42,43)44)35-45-38(40)33-31-29-27-25-23-21-16-14-12-10-8-6-4-2/h11,13,17-18,21,23,37H,3-10,12,14-16,19-20,22,24-36H2,1-2H3,(H2,42,43,44)/b13-11+,18-17+,23-21+/t37-/m1/s1. The Morgan fingerprint density at radius 2 is 0.938 bits per heavy atom. The zero-order valence-electron chi connectivity index (χ0n) is 30.6. The average Bonchev–Trinajstić information content (AvgIpc) is 3.05. The molecule has 1 atom stereocenters. The lowest BCUT2D eigenvalue weighted by atomic mass is 10.1. The minimum absolute atomic E-state index is 0.200. The maximum absolute atomic E-state index is 12.4. The molecule has 0 amide bonds. The van der Waals surface area contributed by atoms with Gasteiger partial charge in [0.25, 0.3) is 0 Å². The van der Waals surface area contributed by atoms with Crippen molar-refractivity contribution in [2.24, 2.45) is 0 Å². The van der Waals surface area contributed by atoms with Crippen molar-refractivity contribution in [1.29, 1.82) is 0 Å². The summed E-state index contributed by atoms with van der Waals surface area (Å²) in [5, 5.41) is 0. The van der Waals surface area contributed by atoms with Gasteiger partial charge in [-0.05, 0) is 70.6 Å². The van der Waals surface area contributed by atoms with Crippen molar-refractivity contribution in [3.05, 3.63) is 36.5 Å². The Morgan fingerprint density at radius 3 is 1.46 bits per heavy atom. The van der Waals surface area contributed by atoms with Crippen molar-refractivity contribution >= 4 is 19.8 Å². The van der Waals surface area contributed by atoms with Crippen LogP contribution in [-0.4, -0.2) is 41.0 Å². The third-order valence-electron chi connectivity index (χ3n) is 8.13. The lowest BCUT2D eigenvalue weighted by Gasteiger charge is -2.18. The highest BCUT2D eigenvalue weighted by molar-refractivity contribution is 7.46. The fourth-order valence-corrected chi connectivity index (χ4v) is 5.58. The first-order valence-corrected chi connectivity index (χ1v) is 20.8. The molecule has 0 aromatic heterocycles. The molecule has 0 radical (unpaired) electrons. The van der Waals surface area contributed by atoms with Gasteiger partial charge in [0.15, 0.2) is 6.10 Å². The van der Waals surface area contributed by atoms with Crippen molar-refractivity contribution in [2.45, 2.75) is 187 Å². The number of unbranched alkanes of at least 4 members (excludes halogenated alkanes) is 19. The fraction of sp³-hybridized carbons (Fsp3) is 0.795. The topological polar surface area (TPSA) is 119 Å². The van der Waals surface area contributed by atoms with E-state index in [1.807, 2.05) is 0 Å². The molecule has 0 aliphatic heterocycles. The number of hydrogen-bond donors (Lipinski definition) is 2. The van der Waals surface area contributed by atoms with E-state index in [9.17, 15) is 14.2 Å². The molecule has 0 spiro atoms. The SMILES string of the molecule is CCCCC/C=C/C/C=C/CCCCCCCCCC(=O)O[C@H](COC(=O)CCCCC/C=C/CCCCCCCC)COP(=O)(O)O. The summed E-state index contributed by atoms with van der Waals surface area (Å²) in [4.78, 5) is 42.7. The third kappa shape index (κ3) is 37.1.